The van der Waals surface area contributed by atoms with Crippen LogP contribution in [0.5, 0.6) is 5.88 Å². The van der Waals surface area contributed by atoms with Crippen molar-refractivity contribution in [2.45, 2.75) is 38.7 Å². The maximum Gasteiger partial charge on any atom is 0.303 e. The fourth-order valence-electron chi connectivity index (χ4n) is 3.07. The van der Waals surface area contributed by atoms with Crippen LogP contribution >= 0.6 is 23.2 Å². The van der Waals surface area contributed by atoms with Gasteiger partial charge < -0.3 is 24.7 Å². The van der Waals surface area contributed by atoms with Gasteiger partial charge in [-0.15, -0.1) is 0 Å². The predicted octanol–water partition coefficient (Wildman–Crippen LogP) is 2.11. The molecular formula is C16H18Cl2N4O6. The van der Waals surface area contributed by atoms with Crippen molar-refractivity contribution in [1.29, 1.82) is 0 Å². The molecule has 0 unspecified atom stereocenters. The summed E-state index contributed by atoms with van der Waals surface area (Å²) in [6.45, 7) is 2.47. The van der Waals surface area contributed by atoms with Gasteiger partial charge in [-0.05, 0) is 0 Å². The molecule has 2 aromatic heterocycles. The Morgan fingerprint density at radius 2 is 2.00 bits per heavy atom. The van der Waals surface area contributed by atoms with Crippen LogP contribution in [-0.2, 0) is 23.8 Å². The molecule has 1 aliphatic heterocycles. The maximum atomic E-state index is 11.4. The first-order valence-corrected chi connectivity index (χ1v) is 9.01. The summed E-state index contributed by atoms with van der Waals surface area (Å²) >= 11 is 12.8. The van der Waals surface area contributed by atoms with Gasteiger partial charge in [-0.2, -0.15) is 9.97 Å². The Hall–Kier alpha value is -2.30. The number of hydrogen-bond donors (Lipinski definition) is 1. The Labute approximate surface area is 169 Å². The van der Waals surface area contributed by atoms with E-state index in [2.05, 4.69) is 9.97 Å². The number of nitrogens with two attached hydrogens (primary N) is 1. The first-order chi connectivity index (χ1) is 13.2. The molecule has 0 aliphatic carbocycles. The molecule has 0 radical (unpaired) electrons. The number of fused-ring (bicyclic) bond motifs is 1. The summed E-state index contributed by atoms with van der Waals surface area (Å²) in [5, 5.41) is 0.679. The van der Waals surface area contributed by atoms with Gasteiger partial charge in [0.15, 0.2) is 5.65 Å². The quantitative estimate of drug-likeness (QED) is 0.705. The van der Waals surface area contributed by atoms with Crippen LogP contribution in [0.2, 0.25) is 10.2 Å². The van der Waals surface area contributed by atoms with Crippen molar-refractivity contribution in [2.75, 3.05) is 19.5 Å². The number of methoxy groups -OCH3 is 1. The lowest BCUT2D eigenvalue weighted by atomic mass is 10.2. The number of halogens is 2. The molecule has 152 valence electrons. The second-order valence-electron chi connectivity index (χ2n) is 6.08. The van der Waals surface area contributed by atoms with Crippen molar-refractivity contribution in [1.82, 2.24) is 14.5 Å². The molecule has 0 saturated carbocycles. The van der Waals surface area contributed by atoms with Crippen LogP contribution in [-0.4, -0.2) is 52.4 Å². The summed E-state index contributed by atoms with van der Waals surface area (Å²) in [5.41, 5.74) is 6.06. The van der Waals surface area contributed by atoms with Gasteiger partial charge in [0.05, 0.1) is 12.1 Å². The van der Waals surface area contributed by atoms with Gasteiger partial charge in [-0.25, -0.2) is 0 Å². The third kappa shape index (κ3) is 3.80. The molecule has 3 rings (SSSR count). The Morgan fingerprint density at radius 1 is 1.29 bits per heavy atom. The van der Waals surface area contributed by atoms with E-state index in [1.165, 1.54) is 25.5 Å². The van der Waals surface area contributed by atoms with E-state index < -0.39 is 30.4 Å². The van der Waals surface area contributed by atoms with Gasteiger partial charge in [0.25, 0.3) is 0 Å². The molecule has 10 nitrogen and oxygen atoms in total. The van der Waals surface area contributed by atoms with Crippen LogP contribution in [0.15, 0.2) is 0 Å². The standard InChI is InChI=1S/C16H18Cl2N4O6/c1-6(23)26-5-9-8(27-7(2)24)4-10(28-9)22-13(18)12(17)11-14(22)20-16(19)21-15(11)25-3/h8-10H,4-5H2,1-3H3,(H2,19,20,21)/t8-,9+,10+/m0/s1. The topological polar surface area (TPSA) is 128 Å². The van der Waals surface area contributed by atoms with Crippen LogP contribution in [0.25, 0.3) is 11.0 Å². The van der Waals surface area contributed by atoms with Gasteiger partial charge in [0.2, 0.25) is 11.8 Å². The van der Waals surface area contributed by atoms with Gasteiger partial charge in [-0.1, -0.05) is 23.2 Å². The summed E-state index contributed by atoms with van der Waals surface area (Å²) in [6, 6.07) is 0. The number of anilines is 1. The monoisotopic (exact) mass is 432 g/mol. The van der Waals surface area contributed by atoms with Crippen LogP contribution < -0.4 is 10.5 Å². The first-order valence-electron chi connectivity index (χ1n) is 8.25. The molecule has 3 heterocycles. The lowest BCUT2D eigenvalue weighted by Gasteiger charge is -2.18. The number of esters is 2. The van der Waals surface area contributed by atoms with E-state index in [0.717, 1.165) is 0 Å². The number of rotatable bonds is 5. The highest BCUT2D eigenvalue weighted by molar-refractivity contribution is 6.45. The Bertz CT molecular complexity index is 934. The summed E-state index contributed by atoms with van der Waals surface area (Å²) in [5.74, 6) is -0.843. The summed E-state index contributed by atoms with van der Waals surface area (Å²) in [4.78, 5) is 30.8. The van der Waals surface area contributed by atoms with Crippen molar-refractivity contribution in [2.24, 2.45) is 0 Å². The Morgan fingerprint density at radius 3 is 2.61 bits per heavy atom. The molecule has 28 heavy (non-hydrogen) atoms. The number of carbonyl (C=O) groups is 2. The predicted molar refractivity (Wildman–Crippen MR) is 99.2 cm³/mol. The van der Waals surface area contributed by atoms with E-state index in [1.807, 2.05) is 0 Å². The van der Waals surface area contributed by atoms with Gasteiger partial charge >= 0.3 is 11.9 Å². The van der Waals surface area contributed by atoms with E-state index in [1.54, 1.807) is 0 Å². The molecule has 0 aromatic carbocycles. The van der Waals surface area contributed by atoms with Crippen LogP contribution in [0.4, 0.5) is 5.95 Å². The molecule has 0 bridgehead atoms. The van der Waals surface area contributed by atoms with Crippen LogP contribution in [0, 0.1) is 0 Å². The molecule has 12 heteroatoms. The normalized spacial score (nSPS) is 21.7. The van der Waals surface area contributed by atoms with Crippen LogP contribution in [0.3, 0.4) is 0 Å². The minimum atomic E-state index is -0.702. The largest absolute Gasteiger partial charge is 0.480 e. The number of aromatic nitrogens is 3. The van der Waals surface area contributed by atoms with Crippen molar-refractivity contribution in [3.05, 3.63) is 10.2 Å². The van der Waals surface area contributed by atoms with Gasteiger partial charge in [0.1, 0.15) is 35.6 Å². The zero-order valence-corrected chi connectivity index (χ0v) is 16.8. The van der Waals surface area contributed by atoms with Crippen molar-refractivity contribution in [3.63, 3.8) is 0 Å². The van der Waals surface area contributed by atoms with Crippen molar-refractivity contribution in [3.8, 4) is 5.88 Å². The zero-order valence-electron chi connectivity index (χ0n) is 15.3. The fraction of sp³-hybridized carbons (Fsp3) is 0.500. The summed E-state index contributed by atoms with van der Waals surface area (Å²) in [6.07, 6.45) is -1.81. The summed E-state index contributed by atoms with van der Waals surface area (Å²) < 4.78 is 23.0. The SMILES string of the molecule is COc1nc(N)nc2c1c(Cl)c(Cl)n2[C@H]1C[C@H](OC(C)=O)[C@@H](COC(C)=O)O1. The number of nitrogen functional groups attached to an aromatic ring is 1. The summed E-state index contributed by atoms with van der Waals surface area (Å²) in [7, 11) is 1.42. The lowest BCUT2D eigenvalue weighted by molar-refractivity contribution is -0.155. The maximum absolute atomic E-state index is 11.4. The van der Waals surface area contributed by atoms with E-state index in [-0.39, 0.29) is 35.0 Å². The number of ether oxygens (including phenoxy) is 4. The zero-order chi connectivity index (χ0) is 20.6. The average molecular weight is 433 g/mol. The molecule has 0 amide bonds. The molecule has 1 fully saturated rings. The van der Waals surface area contributed by atoms with E-state index in [0.29, 0.717) is 11.0 Å². The second-order valence-corrected chi connectivity index (χ2v) is 6.82. The molecule has 0 spiro atoms. The highest BCUT2D eigenvalue weighted by atomic mass is 35.5. The molecule has 1 aliphatic rings. The average Bonchev–Trinajstić information content (AvgIpc) is 3.10. The molecule has 1 saturated heterocycles. The highest BCUT2D eigenvalue weighted by Gasteiger charge is 2.41. The number of hydrogen-bond acceptors (Lipinski definition) is 9. The third-order valence-corrected chi connectivity index (χ3v) is 4.98. The van der Waals surface area contributed by atoms with Crippen molar-refractivity contribution >= 4 is 52.1 Å². The van der Waals surface area contributed by atoms with Gasteiger partial charge in [0, 0.05) is 20.3 Å². The van der Waals surface area contributed by atoms with Crippen molar-refractivity contribution < 1.29 is 28.5 Å². The molecule has 3 atom stereocenters. The lowest BCUT2D eigenvalue weighted by Crippen LogP contribution is -2.31. The van der Waals surface area contributed by atoms with Crippen LogP contribution in [0.1, 0.15) is 26.5 Å². The minimum absolute atomic E-state index is 0.0394. The molecule has 2 aromatic rings. The van der Waals surface area contributed by atoms with E-state index >= 15 is 0 Å². The third-order valence-electron chi connectivity index (χ3n) is 4.14. The van der Waals surface area contributed by atoms with Gasteiger partial charge in [-0.3, -0.25) is 14.2 Å². The highest BCUT2D eigenvalue weighted by Crippen LogP contribution is 2.43. The van der Waals surface area contributed by atoms with E-state index in [9.17, 15) is 9.59 Å². The second kappa shape index (κ2) is 7.98. The first kappa shape index (κ1) is 20.4. The minimum Gasteiger partial charge on any atom is -0.480 e. The molecule has 2 N–H and O–H groups in total. The molecular weight excluding hydrogens is 415 g/mol. The Balaban J connectivity index is 2.02. The number of carbonyl (C=O) groups excluding carboxylic acids is 2. The smallest absolute Gasteiger partial charge is 0.303 e. The van der Waals surface area contributed by atoms with E-state index in [4.69, 9.17) is 47.9 Å². The number of nitrogens with zero attached hydrogens (tertiary/aromatic N) is 3. The Kier molecular flexibility index (Phi) is 5.82. The fourth-order valence-corrected chi connectivity index (χ4v) is 3.61.